The van der Waals surface area contributed by atoms with Crippen LogP contribution in [0.1, 0.15) is 25.5 Å². The van der Waals surface area contributed by atoms with Gasteiger partial charge in [-0.05, 0) is 19.9 Å². The van der Waals surface area contributed by atoms with Gasteiger partial charge >= 0.3 is 0 Å². The van der Waals surface area contributed by atoms with Crippen LogP contribution in [0.25, 0.3) is 0 Å². The molecule has 0 bridgehead atoms. The molecule has 0 heterocycles. The summed E-state index contributed by atoms with van der Waals surface area (Å²) in [6.45, 7) is 3.49. The summed E-state index contributed by atoms with van der Waals surface area (Å²) in [6, 6.07) is 7.21. The van der Waals surface area contributed by atoms with Gasteiger partial charge in [-0.2, -0.15) is 4.31 Å². The third-order valence-corrected chi connectivity index (χ3v) is 4.86. The molecule has 4 nitrogen and oxygen atoms in total. The van der Waals surface area contributed by atoms with E-state index < -0.39 is 10.0 Å². The summed E-state index contributed by atoms with van der Waals surface area (Å²) >= 11 is 0. The van der Waals surface area contributed by atoms with E-state index in [1.54, 1.807) is 21.1 Å². The Morgan fingerprint density at radius 3 is 2.47 bits per heavy atom. The van der Waals surface area contributed by atoms with Crippen LogP contribution >= 0.6 is 0 Å². The summed E-state index contributed by atoms with van der Waals surface area (Å²) in [6.07, 6.45) is 0. The number of sulfonamides is 1. The summed E-state index contributed by atoms with van der Waals surface area (Å²) < 4.78 is 30.2. The molecule has 0 aliphatic heterocycles. The number of benzene rings is 1. The molecule has 0 fully saturated rings. The van der Waals surface area contributed by atoms with Gasteiger partial charge < -0.3 is 4.74 Å². The zero-order valence-corrected chi connectivity index (χ0v) is 11.5. The first-order valence-corrected chi connectivity index (χ1v) is 7.13. The number of hydrogen-bond donors (Lipinski definition) is 0. The lowest BCUT2D eigenvalue weighted by Crippen LogP contribution is -2.31. The van der Waals surface area contributed by atoms with E-state index in [-0.39, 0.29) is 11.8 Å². The fourth-order valence-corrected chi connectivity index (χ4v) is 2.65. The average molecular weight is 257 g/mol. The molecule has 1 unspecified atom stereocenters. The Bertz CT molecular complexity index is 470. The largest absolute Gasteiger partial charge is 0.496 e. The predicted octanol–water partition coefficient (Wildman–Crippen LogP) is 2.04. The first kappa shape index (κ1) is 14.0. The molecule has 0 aliphatic rings. The summed E-state index contributed by atoms with van der Waals surface area (Å²) in [5.74, 6) is 0.807. The van der Waals surface area contributed by atoms with Crippen molar-refractivity contribution < 1.29 is 13.2 Å². The second kappa shape index (κ2) is 5.51. The van der Waals surface area contributed by atoms with Gasteiger partial charge in [-0.1, -0.05) is 18.2 Å². The Hall–Kier alpha value is -1.07. The molecule has 0 saturated heterocycles. The maximum atomic E-state index is 11.8. The van der Waals surface area contributed by atoms with Gasteiger partial charge in [-0.25, -0.2) is 8.42 Å². The molecule has 17 heavy (non-hydrogen) atoms. The van der Waals surface area contributed by atoms with E-state index in [4.69, 9.17) is 4.74 Å². The van der Waals surface area contributed by atoms with Gasteiger partial charge in [0.25, 0.3) is 0 Å². The summed E-state index contributed by atoms with van der Waals surface area (Å²) in [4.78, 5) is 0. The second-order valence-corrected chi connectivity index (χ2v) is 6.15. The Labute approximate surface area is 103 Å². The minimum atomic E-state index is -3.19. The molecule has 1 rings (SSSR count). The molecule has 0 spiro atoms. The molecule has 0 amide bonds. The maximum absolute atomic E-state index is 11.8. The van der Waals surface area contributed by atoms with Crippen molar-refractivity contribution in [3.05, 3.63) is 29.8 Å². The van der Waals surface area contributed by atoms with E-state index in [1.807, 2.05) is 31.2 Å². The van der Waals surface area contributed by atoms with Gasteiger partial charge in [-0.3, -0.25) is 0 Å². The minimum absolute atomic E-state index is 0.100. The van der Waals surface area contributed by atoms with Crippen molar-refractivity contribution in [3.63, 3.8) is 0 Å². The standard InChI is InChI=1S/C12H19NO3S/c1-5-17(14,15)13(3)10(2)11-8-6-7-9-12(11)16-4/h6-10H,5H2,1-4H3. The number of rotatable bonds is 5. The zero-order chi connectivity index (χ0) is 13.1. The highest BCUT2D eigenvalue weighted by Crippen LogP contribution is 2.29. The van der Waals surface area contributed by atoms with E-state index in [0.29, 0.717) is 5.75 Å². The normalized spacial score (nSPS) is 13.7. The Morgan fingerprint density at radius 2 is 1.94 bits per heavy atom. The molecule has 0 radical (unpaired) electrons. The van der Waals surface area contributed by atoms with E-state index in [9.17, 15) is 8.42 Å². The first-order valence-electron chi connectivity index (χ1n) is 5.52. The molecule has 0 aromatic heterocycles. The van der Waals surface area contributed by atoms with E-state index in [1.165, 1.54) is 4.31 Å². The number of hydrogen-bond acceptors (Lipinski definition) is 3. The summed E-state index contributed by atoms with van der Waals surface area (Å²) in [7, 11) is -0.0164. The number of nitrogens with zero attached hydrogens (tertiary/aromatic N) is 1. The molecule has 1 aromatic carbocycles. The van der Waals surface area contributed by atoms with Crippen LogP contribution in [0.4, 0.5) is 0 Å². The molecule has 1 atom stereocenters. The van der Waals surface area contributed by atoms with Crippen molar-refractivity contribution in [1.29, 1.82) is 0 Å². The Morgan fingerprint density at radius 1 is 1.35 bits per heavy atom. The van der Waals surface area contributed by atoms with E-state index in [0.717, 1.165) is 5.56 Å². The number of para-hydroxylation sites is 1. The smallest absolute Gasteiger partial charge is 0.214 e. The van der Waals surface area contributed by atoms with Crippen LogP contribution in [-0.4, -0.2) is 32.6 Å². The van der Waals surface area contributed by atoms with E-state index in [2.05, 4.69) is 0 Å². The number of ether oxygens (including phenoxy) is 1. The third-order valence-electron chi connectivity index (χ3n) is 2.94. The molecular weight excluding hydrogens is 238 g/mol. The highest BCUT2D eigenvalue weighted by Gasteiger charge is 2.24. The van der Waals surface area contributed by atoms with Gasteiger partial charge in [0.1, 0.15) is 5.75 Å². The van der Waals surface area contributed by atoms with E-state index >= 15 is 0 Å². The van der Waals surface area contributed by atoms with Crippen LogP contribution in [0.5, 0.6) is 5.75 Å². The highest BCUT2D eigenvalue weighted by molar-refractivity contribution is 7.89. The summed E-state index contributed by atoms with van der Waals surface area (Å²) in [5.41, 5.74) is 0.870. The predicted molar refractivity (Wildman–Crippen MR) is 68.6 cm³/mol. The van der Waals surface area contributed by atoms with Crippen LogP contribution in [0.15, 0.2) is 24.3 Å². The Balaban J connectivity index is 3.08. The maximum Gasteiger partial charge on any atom is 0.214 e. The topological polar surface area (TPSA) is 46.6 Å². The van der Waals surface area contributed by atoms with Crippen molar-refractivity contribution in [2.75, 3.05) is 19.9 Å². The molecule has 0 saturated carbocycles. The lowest BCUT2D eigenvalue weighted by molar-refractivity contribution is 0.367. The van der Waals surface area contributed by atoms with Gasteiger partial charge in [0.15, 0.2) is 0 Å². The second-order valence-electron chi connectivity index (χ2n) is 3.83. The Kier molecular flexibility index (Phi) is 4.54. The molecule has 0 N–H and O–H groups in total. The van der Waals surface area contributed by atoms with Crippen LogP contribution in [0.2, 0.25) is 0 Å². The van der Waals surface area contributed by atoms with Crippen molar-refractivity contribution >= 4 is 10.0 Å². The van der Waals surface area contributed by atoms with Crippen LogP contribution in [0, 0.1) is 0 Å². The van der Waals surface area contributed by atoms with Crippen LogP contribution < -0.4 is 4.74 Å². The van der Waals surface area contributed by atoms with Crippen LogP contribution in [0.3, 0.4) is 0 Å². The lowest BCUT2D eigenvalue weighted by Gasteiger charge is -2.25. The van der Waals surface area contributed by atoms with Crippen molar-refractivity contribution in [2.24, 2.45) is 0 Å². The zero-order valence-electron chi connectivity index (χ0n) is 10.7. The third kappa shape index (κ3) is 2.98. The van der Waals surface area contributed by atoms with Gasteiger partial charge in [0.2, 0.25) is 10.0 Å². The van der Waals surface area contributed by atoms with Crippen molar-refractivity contribution in [2.45, 2.75) is 19.9 Å². The highest BCUT2D eigenvalue weighted by atomic mass is 32.2. The van der Waals surface area contributed by atoms with Gasteiger partial charge in [0.05, 0.1) is 18.9 Å². The first-order chi connectivity index (χ1) is 7.94. The monoisotopic (exact) mass is 257 g/mol. The number of methoxy groups -OCH3 is 1. The molecule has 5 heteroatoms. The molecule has 0 aliphatic carbocycles. The van der Waals surface area contributed by atoms with Crippen molar-refractivity contribution in [1.82, 2.24) is 4.31 Å². The van der Waals surface area contributed by atoms with Gasteiger partial charge in [-0.15, -0.1) is 0 Å². The molecule has 96 valence electrons. The quantitative estimate of drug-likeness (QED) is 0.811. The molecular formula is C12H19NO3S. The average Bonchev–Trinajstić information content (AvgIpc) is 2.36. The lowest BCUT2D eigenvalue weighted by atomic mass is 10.1. The fraction of sp³-hybridized carbons (Fsp3) is 0.500. The SMILES string of the molecule is CCS(=O)(=O)N(C)C(C)c1ccccc1OC. The fourth-order valence-electron chi connectivity index (χ4n) is 1.65. The van der Waals surface area contributed by atoms with Gasteiger partial charge in [0, 0.05) is 12.6 Å². The van der Waals surface area contributed by atoms with Crippen LogP contribution in [-0.2, 0) is 10.0 Å². The van der Waals surface area contributed by atoms with Crippen molar-refractivity contribution in [3.8, 4) is 5.75 Å². The summed E-state index contributed by atoms with van der Waals surface area (Å²) in [5, 5.41) is 0. The minimum Gasteiger partial charge on any atom is -0.496 e. The molecule has 1 aromatic rings.